The average Bonchev–Trinajstić information content (AvgIpc) is 3.28. The maximum Gasteiger partial charge on any atom is 0.356 e. The summed E-state index contributed by atoms with van der Waals surface area (Å²) in [5, 5.41) is 13.4. The first-order valence-corrected chi connectivity index (χ1v) is 10.5. The lowest BCUT2D eigenvalue weighted by molar-refractivity contribution is 0.0690. The number of halogens is 1. The maximum atomic E-state index is 12.5. The van der Waals surface area contributed by atoms with Gasteiger partial charge in [-0.3, -0.25) is 0 Å². The highest BCUT2D eigenvalue weighted by atomic mass is 35.5. The van der Waals surface area contributed by atoms with E-state index in [0.717, 1.165) is 35.4 Å². The van der Waals surface area contributed by atoms with E-state index >= 15 is 0 Å². The van der Waals surface area contributed by atoms with E-state index in [1.807, 2.05) is 24.3 Å². The fraction of sp³-hybridized carbons (Fsp3) is 0.261. The molecule has 160 valence electrons. The summed E-state index contributed by atoms with van der Waals surface area (Å²) in [6.45, 7) is 1.26. The number of rotatable bonds is 5. The Labute approximate surface area is 184 Å². The van der Waals surface area contributed by atoms with E-state index in [4.69, 9.17) is 21.4 Å². The van der Waals surface area contributed by atoms with Gasteiger partial charge in [-0.15, -0.1) is 0 Å². The molecule has 1 N–H and O–H groups in total. The monoisotopic (exact) mass is 439 g/mol. The van der Waals surface area contributed by atoms with Crippen LogP contribution in [-0.4, -0.2) is 44.9 Å². The van der Waals surface area contributed by atoms with Crippen LogP contribution in [-0.2, 0) is 6.42 Å². The molecule has 1 saturated heterocycles. The molecule has 1 fully saturated rings. The predicted octanol–water partition coefficient (Wildman–Crippen LogP) is 4.95. The molecule has 0 bridgehead atoms. The minimum Gasteiger partial charge on any atom is -0.476 e. The van der Waals surface area contributed by atoms with Crippen LogP contribution in [0, 0.1) is 5.92 Å². The molecule has 0 aliphatic carbocycles. The zero-order valence-electron chi connectivity index (χ0n) is 16.8. The Kier molecular flexibility index (Phi) is 6.23. The van der Waals surface area contributed by atoms with E-state index in [9.17, 15) is 9.59 Å². The summed E-state index contributed by atoms with van der Waals surface area (Å²) in [4.78, 5) is 25.2. The van der Waals surface area contributed by atoms with Crippen LogP contribution in [0.15, 0.2) is 60.8 Å². The smallest absolute Gasteiger partial charge is 0.356 e. The van der Waals surface area contributed by atoms with Crippen molar-refractivity contribution in [3.63, 3.8) is 0 Å². The van der Waals surface area contributed by atoms with Gasteiger partial charge in [-0.25, -0.2) is 9.59 Å². The zero-order chi connectivity index (χ0) is 21.8. The topological polar surface area (TPSA) is 84.7 Å². The van der Waals surface area contributed by atoms with E-state index < -0.39 is 5.97 Å². The average molecular weight is 440 g/mol. The highest BCUT2D eigenvalue weighted by Gasteiger charge is 2.25. The first kappa shape index (κ1) is 20.9. The SMILES string of the molecule is O=C(O)c1ccn(C(=O)N2CCC(Cc3ccc(Oc4ccc(Cl)cc4)cc3)CC2)n1. The first-order valence-electron chi connectivity index (χ1n) is 10.1. The molecular weight excluding hydrogens is 418 g/mol. The van der Waals surface area contributed by atoms with Gasteiger partial charge >= 0.3 is 12.0 Å². The Morgan fingerprint density at radius 1 is 1.00 bits per heavy atom. The highest BCUT2D eigenvalue weighted by molar-refractivity contribution is 6.30. The molecule has 0 unspecified atom stereocenters. The number of carboxylic acid groups (broad SMARTS) is 1. The fourth-order valence-electron chi connectivity index (χ4n) is 3.68. The molecule has 0 radical (unpaired) electrons. The summed E-state index contributed by atoms with van der Waals surface area (Å²) in [7, 11) is 0. The molecule has 0 spiro atoms. The van der Waals surface area contributed by atoms with Crippen molar-refractivity contribution >= 4 is 23.6 Å². The molecular formula is C23H22ClN3O4. The quantitative estimate of drug-likeness (QED) is 0.608. The summed E-state index contributed by atoms with van der Waals surface area (Å²) in [6, 6.07) is 16.3. The van der Waals surface area contributed by atoms with Gasteiger partial charge in [0.2, 0.25) is 0 Å². The van der Waals surface area contributed by atoms with Gasteiger partial charge in [0.1, 0.15) is 11.5 Å². The minimum atomic E-state index is -1.14. The van der Waals surface area contributed by atoms with Crippen LogP contribution in [0.3, 0.4) is 0 Å². The number of carbonyl (C=O) groups excluding carboxylic acids is 1. The van der Waals surface area contributed by atoms with Gasteiger partial charge in [0.25, 0.3) is 0 Å². The molecule has 3 aromatic rings. The van der Waals surface area contributed by atoms with Crippen molar-refractivity contribution in [2.24, 2.45) is 5.92 Å². The van der Waals surface area contributed by atoms with Gasteiger partial charge in [0, 0.05) is 24.3 Å². The third kappa shape index (κ3) is 5.24. The number of aromatic nitrogens is 2. The summed E-state index contributed by atoms with van der Waals surface area (Å²) in [6.07, 6.45) is 4.11. The number of carboxylic acids is 1. The van der Waals surface area contributed by atoms with Gasteiger partial charge in [0.15, 0.2) is 5.69 Å². The normalized spacial score (nSPS) is 14.4. The van der Waals surface area contributed by atoms with E-state index in [-0.39, 0.29) is 11.7 Å². The summed E-state index contributed by atoms with van der Waals surface area (Å²) >= 11 is 5.89. The molecule has 1 aromatic heterocycles. The third-order valence-electron chi connectivity index (χ3n) is 5.39. The van der Waals surface area contributed by atoms with Crippen molar-refractivity contribution in [3.05, 3.63) is 77.1 Å². The van der Waals surface area contributed by atoms with Crippen molar-refractivity contribution in [3.8, 4) is 11.5 Å². The number of nitrogens with zero attached hydrogens (tertiary/aromatic N) is 3. The Bertz CT molecular complexity index is 1060. The number of amides is 1. The largest absolute Gasteiger partial charge is 0.476 e. The number of ether oxygens (including phenoxy) is 1. The Balaban J connectivity index is 1.28. The van der Waals surface area contributed by atoms with Crippen molar-refractivity contribution in [1.82, 2.24) is 14.7 Å². The lowest BCUT2D eigenvalue weighted by Gasteiger charge is -2.31. The molecule has 0 atom stereocenters. The first-order chi connectivity index (χ1) is 15.0. The van der Waals surface area contributed by atoms with Gasteiger partial charge < -0.3 is 14.7 Å². The minimum absolute atomic E-state index is 0.133. The molecule has 7 nitrogen and oxygen atoms in total. The number of benzene rings is 2. The second-order valence-corrected chi connectivity index (χ2v) is 8.00. The summed E-state index contributed by atoms with van der Waals surface area (Å²) in [5.41, 5.74) is 1.10. The Hall–Kier alpha value is -3.32. The number of hydrogen-bond donors (Lipinski definition) is 1. The maximum absolute atomic E-state index is 12.5. The number of likely N-dealkylation sites (tertiary alicyclic amines) is 1. The van der Waals surface area contributed by atoms with E-state index in [1.54, 1.807) is 17.0 Å². The molecule has 1 amide bonds. The molecule has 2 heterocycles. The van der Waals surface area contributed by atoms with Crippen molar-refractivity contribution in [2.45, 2.75) is 19.3 Å². The lowest BCUT2D eigenvalue weighted by Crippen LogP contribution is -2.41. The standard InChI is InChI=1S/C23H22ClN3O4/c24-18-3-7-20(8-4-18)31-19-5-1-16(2-6-19)15-17-9-12-26(13-10-17)23(30)27-14-11-21(25-27)22(28)29/h1-8,11,14,17H,9-10,12-13,15H2,(H,28,29). The third-order valence-corrected chi connectivity index (χ3v) is 5.64. The van der Waals surface area contributed by atoms with Crippen LogP contribution < -0.4 is 4.74 Å². The van der Waals surface area contributed by atoms with Crippen LogP contribution in [0.2, 0.25) is 5.02 Å². The second kappa shape index (κ2) is 9.22. The number of carbonyl (C=O) groups is 2. The molecule has 2 aromatic carbocycles. The van der Waals surface area contributed by atoms with E-state index in [2.05, 4.69) is 17.2 Å². The Morgan fingerprint density at radius 2 is 1.61 bits per heavy atom. The second-order valence-electron chi connectivity index (χ2n) is 7.57. The van der Waals surface area contributed by atoms with Crippen molar-refractivity contribution in [2.75, 3.05) is 13.1 Å². The van der Waals surface area contributed by atoms with Crippen molar-refractivity contribution < 1.29 is 19.4 Å². The van der Waals surface area contributed by atoms with Gasteiger partial charge in [0.05, 0.1) is 0 Å². The van der Waals surface area contributed by atoms with Crippen LogP contribution in [0.5, 0.6) is 11.5 Å². The van der Waals surface area contributed by atoms with Crippen molar-refractivity contribution in [1.29, 1.82) is 0 Å². The molecule has 31 heavy (non-hydrogen) atoms. The van der Waals surface area contributed by atoms with Crippen LogP contribution >= 0.6 is 11.6 Å². The predicted molar refractivity (Wildman–Crippen MR) is 116 cm³/mol. The molecule has 8 heteroatoms. The zero-order valence-corrected chi connectivity index (χ0v) is 17.5. The van der Waals surface area contributed by atoms with Crippen LogP contribution in [0.4, 0.5) is 4.79 Å². The van der Waals surface area contributed by atoms with Gasteiger partial charge in [-0.05, 0) is 73.2 Å². The van der Waals surface area contributed by atoms with Gasteiger partial charge in [-0.2, -0.15) is 9.78 Å². The summed E-state index contributed by atoms with van der Waals surface area (Å²) < 4.78 is 6.93. The van der Waals surface area contributed by atoms with Crippen LogP contribution in [0.1, 0.15) is 28.9 Å². The van der Waals surface area contributed by atoms with Gasteiger partial charge in [-0.1, -0.05) is 23.7 Å². The molecule has 0 saturated carbocycles. The molecule has 1 aliphatic heterocycles. The van der Waals surface area contributed by atoms with E-state index in [0.29, 0.717) is 24.0 Å². The molecule has 1 aliphatic rings. The van der Waals surface area contributed by atoms with E-state index in [1.165, 1.54) is 17.8 Å². The lowest BCUT2D eigenvalue weighted by atomic mass is 9.90. The molecule has 4 rings (SSSR count). The number of hydrogen-bond acceptors (Lipinski definition) is 4. The fourth-order valence-corrected chi connectivity index (χ4v) is 3.81. The highest BCUT2D eigenvalue weighted by Crippen LogP contribution is 2.26. The summed E-state index contributed by atoms with van der Waals surface area (Å²) in [5.74, 6) is 0.849. The number of piperidine rings is 1. The number of aromatic carboxylic acids is 1. The van der Waals surface area contributed by atoms with Crippen LogP contribution in [0.25, 0.3) is 0 Å². The Morgan fingerprint density at radius 3 is 2.19 bits per heavy atom.